The first-order chi connectivity index (χ1) is 18.0. The first kappa shape index (κ1) is 29.4. The van der Waals surface area contributed by atoms with Crippen molar-refractivity contribution in [1.82, 2.24) is 0 Å². The molecule has 3 rings (SSSR count). The molecule has 200 valence electrons. The van der Waals surface area contributed by atoms with Crippen LogP contribution in [0.2, 0.25) is 10.0 Å². The van der Waals surface area contributed by atoms with E-state index in [4.69, 9.17) is 33.0 Å². The third-order valence-corrected chi connectivity index (χ3v) is 8.36. The number of rotatable bonds is 11. The van der Waals surface area contributed by atoms with E-state index < -0.39 is 16.0 Å². The summed E-state index contributed by atoms with van der Waals surface area (Å²) in [7, 11) is -4.01. The highest BCUT2D eigenvalue weighted by molar-refractivity contribution is 7.93. The van der Waals surface area contributed by atoms with E-state index in [1.807, 2.05) is 26.0 Å². The van der Waals surface area contributed by atoms with Crippen molar-refractivity contribution >= 4 is 44.9 Å². The molecule has 3 aromatic carbocycles. The molecule has 0 heterocycles. The molecule has 0 spiro atoms. The summed E-state index contributed by atoms with van der Waals surface area (Å²) in [4.78, 5) is 11.0. The van der Waals surface area contributed by atoms with Gasteiger partial charge >= 0.3 is 5.97 Å². The third kappa shape index (κ3) is 7.44. The molecule has 6 nitrogen and oxygen atoms in total. The summed E-state index contributed by atoms with van der Waals surface area (Å²) < 4.78 is 34.3. The Hall–Kier alpha value is -3.18. The monoisotopic (exact) mass is 573 g/mol. The van der Waals surface area contributed by atoms with Gasteiger partial charge in [0.1, 0.15) is 17.3 Å². The second kappa shape index (κ2) is 13.1. The summed E-state index contributed by atoms with van der Waals surface area (Å²) in [6, 6.07) is 18.9. The molecule has 0 aliphatic heterocycles. The quantitative estimate of drug-likeness (QED) is 0.249. The molecule has 0 saturated heterocycles. The number of sulfonamides is 1. The van der Waals surface area contributed by atoms with Gasteiger partial charge in [-0.25, -0.2) is 8.42 Å². The molecule has 0 aliphatic carbocycles. The topological polar surface area (TPSA) is 83.9 Å². The highest BCUT2D eigenvalue weighted by Gasteiger charge is 2.30. The smallest absolute Gasteiger partial charge is 0.304 e. The van der Waals surface area contributed by atoms with Crippen molar-refractivity contribution in [3.63, 3.8) is 0 Å². The number of anilines is 1. The van der Waals surface area contributed by atoms with E-state index in [1.165, 1.54) is 16.4 Å². The molecule has 0 bridgehead atoms. The van der Waals surface area contributed by atoms with Crippen LogP contribution >= 0.6 is 23.2 Å². The standard InChI is InChI=1S/C29H29Cl2NO5S/c1-4-6-23(17-28(33)34)22-11-15-25(16-12-22)37-19-21-9-13-24(14-10-21)32(18-20(2)3)38(35,36)29-26(30)7-5-8-27(29)31/h5,7-16,20,23H,17-19H2,1-3H3,(H,33,34). The number of aliphatic carboxylic acids is 1. The lowest BCUT2D eigenvalue weighted by Crippen LogP contribution is -2.34. The van der Waals surface area contributed by atoms with Gasteiger partial charge in [-0.15, -0.1) is 5.92 Å². The number of carboxylic acids is 1. The SMILES string of the molecule is CC#CC(CC(=O)O)c1ccc(OCc2ccc(N(CC(C)C)S(=O)(=O)c3c(Cl)cccc3Cl)cc2)cc1. The molecule has 9 heteroatoms. The number of nitrogens with zero attached hydrogens (tertiary/aromatic N) is 1. The van der Waals surface area contributed by atoms with E-state index in [2.05, 4.69) is 11.8 Å². The molecule has 0 amide bonds. The van der Waals surface area contributed by atoms with Crippen molar-refractivity contribution in [2.75, 3.05) is 10.8 Å². The fraction of sp³-hybridized carbons (Fsp3) is 0.276. The fourth-order valence-electron chi connectivity index (χ4n) is 3.84. The van der Waals surface area contributed by atoms with Crippen molar-refractivity contribution in [3.8, 4) is 17.6 Å². The average molecular weight is 575 g/mol. The van der Waals surface area contributed by atoms with Crippen LogP contribution in [0.15, 0.2) is 71.6 Å². The van der Waals surface area contributed by atoms with E-state index in [9.17, 15) is 13.2 Å². The Morgan fingerprint density at radius 3 is 2.13 bits per heavy atom. The molecule has 0 aromatic heterocycles. The Morgan fingerprint density at radius 1 is 1.00 bits per heavy atom. The number of carboxylic acid groups (broad SMARTS) is 1. The van der Waals surface area contributed by atoms with Crippen LogP contribution in [0.25, 0.3) is 0 Å². The minimum atomic E-state index is -4.01. The number of hydrogen-bond donors (Lipinski definition) is 1. The van der Waals surface area contributed by atoms with Crippen LogP contribution < -0.4 is 9.04 Å². The Labute approximate surface area is 234 Å². The second-order valence-corrected chi connectivity index (χ2v) is 11.7. The van der Waals surface area contributed by atoms with Gasteiger partial charge < -0.3 is 9.84 Å². The zero-order valence-electron chi connectivity index (χ0n) is 21.3. The fourth-order valence-corrected chi connectivity index (χ4v) is 6.56. The average Bonchev–Trinajstić information content (AvgIpc) is 2.86. The van der Waals surface area contributed by atoms with Crippen LogP contribution in [0, 0.1) is 17.8 Å². The van der Waals surface area contributed by atoms with Crippen molar-refractivity contribution in [3.05, 3.63) is 87.9 Å². The maximum absolute atomic E-state index is 13.6. The summed E-state index contributed by atoms with van der Waals surface area (Å²) >= 11 is 12.5. The molecular formula is C29H29Cl2NO5S. The Balaban J connectivity index is 1.76. The van der Waals surface area contributed by atoms with Gasteiger partial charge in [0.25, 0.3) is 10.0 Å². The van der Waals surface area contributed by atoms with Gasteiger partial charge in [0.2, 0.25) is 0 Å². The molecule has 0 radical (unpaired) electrons. The first-order valence-electron chi connectivity index (χ1n) is 12.0. The predicted molar refractivity (Wildman–Crippen MR) is 151 cm³/mol. The minimum Gasteiger partial charge on any atom is -0.489 e. The third-order valence-electron chi connectivity index (χ3n) is 5.61. The molecule has 1 N–H and O–H groups in total. The molecule has 0 fully saturated rings. The highest BCUT2D eigenvalue weighted by atomic mass is 35.5. The molecule has 0 aliphatic rings. The van der Waals surface area contributed by atoms with Gasteiger partial charge in [-0.1, -0.05) is 73.3 Å². The predicted octanol–water partition coefficient (Wildman–Crippen LogP) is 7.01. The van der Waals surface area contributed by atoms with E-state index in [-0.39, 0.29) is 46.3 Å². The Kier molecular flexibility index (Phi) is 10.1. The normalized spacial score (nSPS) is 11.9. The van der Waals surface area contributed by atoms with Crippen molar-refractivity contribution < 1.29 is 23.1 Å². The van der Waals surface area contributed by atoms with Crippen molar-refractivity contribution in [2.45, 2.75) is 44.6 Å². The minimum absolute atomic E-state index is 0.0513. The Morgan fingerprint density at radius 2 is 1.61 bits per heavy atom. The first-order valence-corrected chi connectivity index (χ1v) is 14.1. The summed E-state index contributed by atoms with van der Waals surface area (Å²) in [5.41, 5.74) is 2.14. The summed E-state index contributed by atoms with van der Waals surface area (Å²) in [5.74, 6) is 5.09. The largest absolute Gasteiger partial charge is 0.489 e. The molecule has 1 atom stereocenters. The van der Waals surface area contributed by atoms with Gasteiger partial charge in [0.05, 0.1) is 28.1 Å². The lowest BCUT2D eigenvalue weighted by molar-refractivity contribution is -0.137. The van der Waals surface area contributed by atoms with Gasteiger partial charge in [0, 0.05) is 6.54 Å². The zero-order chi connectivity index (χ0) is 27.9. The summed E-state index contributed by atoms with van der Waals surface area (Å²) in [6.07, 6.45) is -0.0698. The zero-order valence-corrected chi connectivity index (χ0v) is 23.6. The molecule has 1 unspecified atom stereocenters. The number of hydrogen-bond acceptors (Lipinski definition) is 4. The van der Waals surface area contributed by atoms with E-state index in [1.54, 1.807) is 49.4 Å². The number of carbonyl (C=O) groups is 1. The van der Waals surface area contributed by atoms with Crippen molar-refractivity contribution in [2.24, 2.45) is 5.92 Å². The maximum atomic E-state index is 13.6. The molecule has 0 saturated carbocycles. The molecule has 3 aromatic rings. The maximum Gasteiger partial charge on any atom is 0.304 e. The van der Waals surface area contributed by atoms with E-state index in [0.29, 0.717) is 11.4 Å². The van der Waals surface area contributed by atoms with Gasteiger partial charge in [-0.3, -0.25) is 9.10 Å². The van der Waals surface area contributed by atoms with E-state index >= 15 is 0 Å². The van der Waals surface area contributed by atoms with Crippen LogP contribution in [0.5, 0.6) is 5.75 Å². The van der Waals surface area contributed by atoms with Crippen molar-refractivity contribution in [1.29, 1.82) is 0 Å². The van der Waals surface area contributed by atoms with Gasteiger partial charge in [0.15, 0.2) is 0 Å². The van der Waals surface area contributed by atoms with Gasteiger partial charge in [-0.05, 0) is 60.4 Å². The van der Waals surface area contributed by atoms with Crippen LogP contribution in [0.1, 0.15) is 44.2 Å². The Bertz CT molecular complexity index is 1410. The second-order valence-electron chi connectivity index (χ2n) is 9.05. The van der Waals surface area contributed by atoms with Crippen LogP contribution in [-0.2, 0) is 21.4 Å². The van der Waals surface area contributed by atoms with Gasteiger partial charge in [-0.2, -0.15) is 0 Å². The lowest BCUT2D eigenvalue weighted by atomic mass is 9.96. The lowest BCUT2D eigenvalue weighted by Gasteiger charge is -2.27. The number of benzene rings is 3. The van der Waals surface area contributed by atoms with Crippen LogP contribution in [0.3, 0.4) is 0 Å². The van der Waals surface area contributed by atoms with Crippen LogP contribution in [-0.4, -0.2) is 26.0 Å². The highest BCUT2D eigenvalue weighted by Crippen LogP contribution is 2.34. The molecular weight excluding hydrogens is 545 g/mol. The summed E-state index contributed by atoms with van der Waals surface area (Å²) in [6.45, 7) is 6.06. The van der Waals surface area contributed by atoms with Crippen LogP contribution in [0.4, 0.5) is 5.69 Å². The van der Waals surface area contributed by atoms with E-state index in [0.717, 1.165) is 11.1 Å². The number of ether oxygens (including phenoxy) is 1. The molecule has 38 heavy (non-hydrogen) atoms. The number of halogens is 2. The summed E-state index contributed by atoms with van der Waals surface area (Å²) in [5, 5.41) is 9.26.